The van der Waals surface area contributed by atoms with Crippen molar-refractivity contribution >= 4 is 5.91 Å². The van der Waals surface area contributed by atoms with E-state index in [0.717, 1.165) is 42.6 Å². The van der Waals surface area contributed by atoms with Crippen molar-refractivity contribution in [3.63, 3.8) is 0 Å². The lowest BCUT2D eigenvalue weighted by atomic mass is 9.70. The Bertz CT molecular complexity index is 900. The number of nitrogens with zero attached hydrogens (tertiary/aromatic N) is 1. The largest absolute Gasteiger partial charge is 0.369 e. The maximum atomic E-state index is 12.9. The number of carbonyl (C=O) groups is 1. The summed E-state index contributed by atoms with van der Waals surface area (Å²) < 4.78 is 0. The van der Waals surface area contributed by atoms with Crippen LogP contribution >= 0.6 is 0 Å². The van der Waals surface area contributed by atoms with Gasteiger partial charge in [0.2, 0.25) is 5.91 Å². The van der Waals surface area contributed by atoms with E-state index in [1.807, 2.05) is 60.7 Å². The third-order valence-electron chi connectivity index (χ3n) is 6.09. The molecule has 31 heavy (non-hydrogen) atoms. The molecule has 0 aliphatic heterocycles. The number of nitrogens with two attached hydrogens (primary N) is 2. The van der Waals surface area contributed by atoms with E-state index in [2.05, 4.69) is 36.2 Å². The predicted octanol–water partition coefficient (Wildman–Crippen LogP) is 3.87. The van der Waals surface area contributed by atoms with Crippen molar-refractivity contribution < 1.29 is 4.79 Å². The summed E-state index contributed by atoms with van der Waals surface area (Å²) >= 11 is 0. The van der Waals surface area contributed by atoms with Gasteiger partial charge < -0.3 is 16.4 Å². The third-order valence-corrected chi connectivity index (χ3v) is 6.09. The van der Waals surface area contributed by atoms with Crippen LogP contribution in [0.1, 0.15) is 35.1 Å². The van der Waals surface area contributed by atoms with Crippen LogP contribution in [0.4, 0.5) is 0 Å². The fourth-order valence-corrected chi connectivity index (χ4v) is 4.20. The molecule has 0 aliphatic carbocycles. The number of carbonyl (C=O) groups excluding carboxylic acids is 1. The first-order valence-electron chi connectivity index (χ1n) is 10.9. The van der Waals surface area contributed by atoms with Crippen molar-refractivity contribution in [2.75, 3.05) is 20.1 Å². The van der Waals surface area contributed by atoms with Crippen LogP contribution in [0.15, 0.2) is 84.9 Å². The van der Waals surface area contributed by atoms with Crippen LogP contribution < -0.4 is 11.5 Å². The molecular formula is C27H33N3O. The molecule has 0 atom stereocenters. The second-order valence-corrected chi connectivity index (χ2v) is 8.18. The van der Waals surface area contributed by atoms with Crippen LogP contribution in [0, 0.1) is 0 Å². The summed E-state index contributed by atoms with van der Waals surface area (Å²) in [5.74, 6) is -0.299. The van der Waals surface area contributed by atoms with Gasteiger partial charge in [-0.2, -0.15) is 0 Å². The zero-order chi connectivity index (χ0) is 22.1. The third kappa shape index (κ3) is 5.60. The first-order valence-corrected chi connectivity index (χ1v) is 10.9. The highest BCUT2D eigenvalue weighted by Gasteiger charge is 2.39. The Morgan fingerprint density at radius 3 is 1.81 bits per heavy atom. The molecule has 4 nitrogen and oxygen atoms in total. The summed E-state index contributed by atoms with van der Waals surface area (Å²) in [6, 6.07) is 28.3. The van der Waals surface area contributed by atoms with Crippen LogP contribution in [0.2, 0.25) is 0 Å². The molecular weight excluding hydrogens is 382 g/mol. The number of hydrogen-bond acceptors (Lipinski definition) is 3. The number of likely N-dealkylation sites (N-methyl/N-ethyl adjacent to an activating group) is 1. The Morgan fingerprint density at radius 1 is 0.806 bits per heavy atom. The van der Waals surface area contributed by atoms with Crippen LogP contribution in [0.3, 0.4) is 0 Å². The summed E-state index contributed by atoms with van der Waals surface area (Å²) in [6.45, 7) is 2.43. The molecule has 0 aliphatic rings. The lowest BCUT2D eigenvalue weighted by Crippen LogP contribution is -2.43. The van der Waals surface area contributed by atoms with Gasteiger partial charge in [0.15, 0.2) is 0 Å². The smallest absolute Gasteiger partial charge is 0.232 e. The number of amides is 1. The van der Waals surface area contributed by atoms with E-state index in [0.29, 0.717) is 13.0 Å². The summed E-state index contributed by atoms with van der Waals surface area (Å²) in [6.07, 6.45) is 2.53. The van der Waals surface area contributed by atoms with E-state index in [-0.39, 0.29) is 5.91 Å². The monoisotopic (exact) mass is 415 g/mol. The molecule has 3 aromatic rings. The molecule has 0 bridgehead atoms. The maximum Gasteiger partial charge on any atom is 0.232 e. The highest BCUT2D eigenvalue weighted by Crippen LogP contribution is 2.36. The van der Waals surface area contributed by atoms with E-state index >= 15 is 0 Å². The zero-order valence-electron chi connectivity index (χ0n) is 18.3. The van der Waals surface area contributed by atoms with Crippen LogP contribution in [0.25, 0.3) is 0 Å². The van der Waals surface area contributed by atoms with Gasteiger partial charge in [-0.05, 0) is 55.1 Å². The van der Waals surface area contributed by atoms with Gasteiger partial charge >= 0.3 is 0 Å². The fraction of sp³-hybridized carbons (Fsp3) is 0.296. The minimum atomic E-state index is -0.818. The first kappa shape index (κ1) is 22.7. The standard InChI is InChI=1S/C27H33N3O/c1-30(20-17-22-13-15-23(21-28)16-14-22)19-8-18-27(26(29)31,24-9-4-2-5-10-24)25-11-6-3-7-12-25/h2-7,9-16H,8,17-21,28H2,1H3,(H2,29,31). The van der Waals surface area contributed by atoms with Crippen molar-refractivity contribution in [2.45, 2.75) is 31.2 Å². The minimum Gasteiger partial charge on any atom is -0.369 e. The molecule has 4 heteroatoms. The van der Waals surface area contributed by atoms with Gasteiger partial charge in [0.1, 0.15) is 0 Å². The summed E-state index contributed by atoms with van der Waals surface area (Å²) in [4.78, 5) is 15.2. The van der Waals surface area contributed by atoms with Gasteiger partial charge in [-0.1, -0.05) is 84.9 Å². The second kappa shape index (κ2) is 10.9. The minimum absolute atomic E-state index is 0.299. The Kier molecular flexibility index (Phi) is 7.99. The van der Waals surface area contributed by atoms with Crippen molar-refractivity contribution in [3.8, 4) is 0 Å². The first-order chi connectivity index (χ1) is 15.1. The molecule has 3 rings (SSSR count). The molecule has 1 amide bonds. The number of hydrogen-bond donors (Lipinski definition) is 2. The molecule has 3 aromatic carbocycles. The normalized spacial score (nSPS) is 11.6. The Balaban J connectivity index is 1.67. The molecule has 0 spiro atoms. The number of rotatable bonds is 11. The van der Waals surface area contributed by atoms with Gasteiger partial charge in [-0.15, -0.1) is 0 Å². The molecule has 0 radical (unpaired) electrons. The van der Waals surface area contributed by atoms with Gasteiger partial charge in [0, 0.05) is 13.1 Å². The van der Waals surface area contributed by atoms with Gasteiger partial charge in [-0.25, -0.2) is 0 Å². The Morgan fingerprint density at radius 2 is 1.32 bits per heavy atom. The van der Waals surface area contributed by atoms with Gasteiger partial charge in [0.25, 0.3) is 0 Å². The second-order valence-electron chi connectivity index (χ2n) is 8.18. The molecule has 162 valence electrons. The zero-order valence-corrected chi connectivity index (χ0v) is 18.3. The highest BCUT2D eigenvalue weighted by molar-refractivity contribution is 5.90. The Labute approximate surface area is 185 Å². The van der Waals surface area contributed by atoms with E-state index in [1.54, 1.807) is 0 Å². The van der Waals surface area contributed by atoms with E-state index in [1.165, 1.54) is 5.56 Å². The van der Waals surface area contributed by atoms with E-state index in [4.69, 9.17) is 11.5 Å². The molecule has 0 fully saturated rings. The van der Waals surface area contributed by atoms with Crippen LogP contribution in [0.5, 0.6) is 0 Å². The van der Waals surface area contributed by atoms with Crippen molar-refractivity contribution in [2.24, 2.45) is 11.5 Å². The van der Waals surface area contributed by atoms with E-state index < -0.39 is 5.41 Å². The van der Waals surface area contributed by atoms with Crippen molar-refractivity contribution in [1.29, 1.82) is 0 Å². The van der Waals surface area contributed by atoms with Crippen molar-refractivity contribution in [1.82, 2.24) is 4.90 Å². The van der Waals surface area contributed by atoms with E-state index in [9.17, 15) is 4.79 Å². The topological polar surface area (TPSA) is 72.3 Å². The molecule has 0 unspecified atom stereocenters. The average Bonchev–Trinajstić information content (AvgIpc) is 2.82. The van der Waals surface area contributed by atoms with Gasteiger partial charge in [0.05, 0.1) is 5.41 Å². The molecule has 0 saturated heterocycles. The number of benzene rings is 3. The van der Waals surface area contributed by atoms with Gasteiger partial charge in [-0.3, -0.25) is 4.79 Å². The molecule has 0 saturated carbocycles. The molecule has 0 aromatic heterocycles. The maximum absolute atomic E-state index is 12.9. The molecule has 0 heterocycles. The number of primary amides is 1. The SMILES string of the molecule is CN(CCCC(C(N)=O)(c1ccccc1)c1ccccc1)CCc1ccc(CN)cc1. The average molecular weight is 416 g/mol. The summed E-state index contributed by atoms with van der Waals surface area (Å²) in [5.41, 5.74) is 15.3. The lowest BCUT2D eigenvalue weighted by molar-refractivity contribution is -0.122. The fourth-order valence-electron chi connectivity index (χ4n) is 4.20. The molecule has 4 N–H and O–H groups in total. The van der Waals surface area contributed by atoms with Crippen molar-refractivity contribution in [3.05, 3.63) is 107 Å². The highest BCUT2D eigenvalue weighted by atomic mass is 16.1. The lowest BCUT2D eigenvalue weighted by Gasteiger charge is -2.32. The van der Waals surface area contributed by atoms with Crippen LogP contribution in [-0.4, -0.2) is 30.9 Å². The van der Waals surface area contributed by atoms with Crippen LogP contribution in [-0.2, 0) is 23.2 Å². The Hall–Kier alpha value is -2.95. The summed E-state index contributed by atoms with van der Waals surface area (Å²) in [5, 5.41) is 0. The quantitative estimate of drug-likeness (QED) is 0.499. The predicted molar refractivity (Wildman–Crippen MR) is 128 cm³/mol. The summed E-state index contributed by atoms with van der Waals surface area (Å²) in [7, 11) is 2.13.